The van der Waals surface area contributed by atoms with Crippen molar-refractivity contribution in [3.05, 3.63) is 0 Å². The number of ether oxygens (including phenoxy) is 1. The second-order valence-corrected chi connectivity index (χ2v) is 14.6. The Bertz CT molecular complexity index is 83.1. The molecule has 50 valence electrons. The quantitative estimate of drug-likeness (QED) is 0.670. The minimum absolute atomic E-state index is 0.631. The maximum absolute atomic E-state index is 5.53. The van der Waals surface area contributed by atoms with E-state index in [9.17, 15) is 0 Å². The first kappa shape index (κ1) is 8.47. The van der Waals surface area contributed by atoms with Gasteiger partial charge < -0.3 is 0 Å². The summed E-state index contributed by atoms with van der Waals surface area (Å²) in [6.07, 6.45) is 3.23. The van der Waals surface area contributed by atoms with Gasteiger partial charge in [-0.25, -0.2) is 0 Å². The fourth-order valence-electron chi connectivity index (χ4n) is 1.15. The third kappa shape index (κ3) is 2.47. The molecule has 0 spiro atoms. The molecule has 2 atom stereocenters. The van der Waals surface area contributed by atoms with Crippen molar-refractivity contribution in [1.29, 1.82) is 0 Å². The molecule has 0 aliphatic carbocycles. The van der Waals surface area contributed by atoms with Crippen LogP contribution >= 0.6 is 11.9 Å². The van der Waals surface area contributed by atoms with Crippen LogP contribution in [0.5, 0.6) is 0 Å². The van der Waals surface area contributed by atoms with Crippen molar-refractivity contribution in [3.63, 3.8) is 0 Å². The SMILES string of the molecule is C[C@H]([Hg][Br])[C@@H]1CCCO1. The molecule has 0 aromatic heterocycles. The minimum atomic E-state index is -0.646. The van der Waals surface area contributed by atoms with Crippen LogP contribution in [-0.2, 0) is 26.9 Å². The van der Waals surface area contributed by atoms with Crippen molar-refractivity contribution in [3.8, 4) is 0 Å². The molecule has 1 rings (SSSR count). The van der Waals surface area contributed by atoms with E-state index in [1.54, 1.807) is 0 Å². The van der Waals surface area contributed by atoms with E-state index in [1.165, 1.54) is 12.8 Å². The Morgan fingerprint density at radius 2 is 2.56 bits per heavy atom. The van der Waals surface area contributed by atoms with E-state index in [-0.39, 0.29) is 0 Å². The van der Waals surface area contributed by atoms with Crippen LogP contribution in [0, 0.1) is 0 Å². The molecule has 1 heterocycles. The van der Waals surface area contributed by atoms with Gasteiger partial charge in [0.05, 0.1) is 0 Å². The molecule has 0 saturated carbocycles. The van der Waals surface area contributed by atoms with Gasteiger partial charge in [0, 0.05) is 0 Å². The molecule has 0 aromatic carbocycles. The van der Waals surface area contributed by atoms with Crippen LogP contribution < -0.4 is 0 Å². The van der Waals surface area contributed by atoms with Gasteiger partial charge in [-0.3, -0.25) is 0 Å². The maximum atomic E-state index is 5.53. The summed E-state index contributed by atoms with van der Waals surface area (Å²) in [6, 6.07) is 0. The van der Waals surface area contributed by atoms with E-state index in [4.69, 9.17) is 4.74 Å². The second kappa shape index (κ2) is 4.29. The summed E-state index contributed by atoms with van der Waals surface area (Å²) in [6.45, 7) is 3.34. The average molecular weight is 380 g/mol. The van der Waals surface area contributed by atoms with Gasteiger partial charge in [0.25, 0.3) is 0 Å². The summed E-state index contributed by atoms with van der Waals surface area (Å²) < 4.78 is 6.44. The predicted octanol–water partition coefficient (Wildman–Crippen LogP) is 2.37. The zero-order chi connectivity index (χ0) is 6.69. The van der Waals surface area contributed by atoms with E-state index in [0.29, 0.717) is 6.10 Å². The van der Waals surface area contributed by atoms with Gasteiger partial charge in [-0.1, -0.05) is 0 Å². The molecule has 0 aromatic rings. The molecule has 3 heteroatoms. The van der Waals surface area contributed by atoms with Crippen molar-refractivity contribution in [2.75, 3.05) is 6.61 Å². The summed E-state index contributed by atoms with van der Waals surface area (Å²) in [4.78, 5) is 0. The normalized spacial score (nSPS) is 29.8. The van der Waals surface area contributed by atoms with Gasteiger partial charge in [-0.15, -0.1) is 0 Å². The van der Waals surface area contributed by atoms with Gasteiger partial charge in [-0.05, 0) is 0 Å². The fourth-order valence-corrected chi connectivity index (χ4v) is 7.03. The summed E-state index contributed by atoms with van der Waals surface area (Å²) >= 11 is 3.02. The fraction of sp³-hybridized carbons (Fsp3) is 1.00. The zero-order valence-electron chi connectivity index (χ0n) is 5.77. The molecule has 0 radical (unpaired) electrons. The Hall–Kier alpha value is 1.38. The molecule has 0 unspecified atom stereocenters. The summed E-state index contributed by atoms with van der Waals surface area (Å²) in [7, 11) is 0. The van der Waals surface area contributed by atoms with Gasteiger partial charge in [0.15, 0.2) is 0 Å². The van der Waals surface area contributed by atoms with Gasteiger partial charge in [-0.2, -0.15) is 0 Å². The number of rotatable bonds is 2. The van der Waals surface area contributed by atoms with Crippen molar-refractivity contribution >= 4 is 11.9 Å². The first-order valence-corrected chi connectivity index (χ1v) is 18.6. The van der Waals surface area contributed by atoms with Crippen LogP contribution in [0.25, 0.3) is 0 Å². The molecule has 1 saturated heterocycles. The Morgan fingerprint density at radius 1 is 1.78 bits per heavy atom. The Balaban J connectivity index is 2.24. The van der Waals surface area contributed by atoms with E-state index < -0.39 is 22.1 Å². The average Bonchev–Trinajstić information content (AvgIpc) is 2.37. The van der Waals surface area contributed by atoms with Crippen LogP contribution in [0.15, 0.2) is 0 Å². The predicted molar refractivity (Wildman–Crippen MR) is 37.3 cm³/mol. The van der Waals surface area contributed by atoms with Crippen molar-refractivity contribution in [1.82, 2.24) is 0 Å². The third-order valence-electron chi connectivity index (χ3n) is 1.84. The van der Waals surface area contributed by atoms with Crippen molar-refractivity contribution in [2.24, 2.45) is 0 Å². The molecule has 0 N–H and O–H groups in total. The zero-order valence-corrected chi connectivity index (χ0v) is 12.9. The molecule has 1 aliphatic heterocycles. The molecule has 0 amide bonds. The first-order valence-electron chi connectivity index (χ1n) is 3.52. The number of hydrogen-bond donors (Lipinski definition) is 0. The van der Waals surface area contributed by atoms with Gasteiger partial charge in [0.1, 0.15) is 0 Å². The van der Waals surface area contributed by atoms with Gasteiger partial charge in [0.2, 0.25) is 0 Å². The van der Waals surface area contributed by atoms with Crippen LogP contribution in [-0.4, -0.2) is 12.7 Å². The van der Waals surface area contributed by atoms with E-state index >= 15 is 0 Å². The first-order chi connectivity index (χ1) is 4.34. The molecule has 9 heavy (non-hydrogen) atoms. The molecular weight excluding hydrogens is 369 g/mol. The molecular formula is C6H11BrHgO. The van der Waals surface area contributed by atoms with E-state index in [0.717, 1.165) is 10.0 Å². The van der Waals surface area contributed by atoms with Crippen LogP contribution in [0.1, 0.15) is 19.8 Å². The topological polar surface area (TPSA) is 9.23 Å². The second-order valence-electron chi connectivity index (χ2n) is 2.68. The molecule has 1 nitrogen and oxygen atoms in total. The standard InChI is InChI=1S/C6H11O.BrH.Hg/c1-2-6-4-3-5-7-6;;/h2,6H,3-5H2,1H3;1H;/q;;+1/p-1/t6-;;/m1../s1. The van der Waals surface area contributed by atoms with Crippen LogP contribution in [0.2, 0.25) is 3.43 Å². The number of halogens is 1. The summed E-state index contributed by atoms with van der Waals surface area (Å²) in [5.74, 6) is 0. The van der Waals surface area contributed by atoms with E-state index in [2.05, 4.69) is 18.8 Å². The van der Waals surface area contributed by atoms with Crippen molar-refractivity contribution in [2.45, 2.75) is 29.3 Å². The Morgan fingerprint density at radius 3 is 3.00 bits per heavy atom. The third-order valence-corrected chi connectivity index (χ3v) is 14.7. The van der Waals surface area contributed by atoms with Crippen LogP contribution in [0.4, 0.5) is 0 Å². The molecule has 1 aliphatic rings. The Kier molecular flexibility index (Phi) is 4.04. The number of hydrogen-bond acceptors (Lipinski definition) is 1. The van der Waals surface area contributed by atoms with E-state index in [1.807, 2.05) is 0 Å². The Labute approximate surface area is 74.2 Å². The van der Waals surface area contributed by atoms with Crippen LogP contribution in [0.3, 0.4) is 0 Å². The summed E-state index contributed by atoms with van der Waals surface area (Å²) in [5, 5.41) is 0. The monoisotopic (exact) mass is 380 g/mol. The summed E-state index contributed by atoms with van der Waals surface area (Å²) in [5.41, 5.74) is 0. The van der Waals surface area contributed by atoms with Crippen molar-refractivity contribution < 1.29 is 26.9 Å². The molecule has 1 fully saturated rings. The molecule has 0 bridgehead atoms. The van der Waals surface area contributed by atoms with Gasteiger partial charge >= 0.3 is 74.7 Å².